The van der Waals surface area contributed by atoms with E-state index in [0.29, 0.717) is 0 Å². The number of benzene rings is 3. The van der Waals surface area contributed by atoms with E-state index < -0.39 is 0 Å². The second-order valence-electron chi connectivity index (χ2n) is 8.04. The summed E-state index contributed by atoms with van der Waals surface area (Å²) in [4.78, 5) is 9.25. The number of hydrogen-bond donors (Lipinski definition) is 1. The van der Waals surface area contributed by atoms with Crippen molar-refractivity contribution in [2.45, 2.75) is 25.7 Å². The van der Waals surface area contributed by atoms with Gasteiger partial charge in [-0.25, -0.2) is 0 Å². The molecule has 0 spiro atoms. The first-order valence-electron chi connectivity index (χ1n) is 11.7. The first-order chi connectivity index (χ1) is 16.8. The summed E-state index contributed by atoms with van der Waals surface area (Å²) >= 11 is 0. The van der Waals surface area contributed by atoms with Gasteiger partial charge in [0.2, 0.25) is 0 Å². The molecule has 5 rings (SSSR count). The van der Waals surface area contributed by atoms with E-state index in [-0.39, 0.29) is 26.7 Å². The van der Waals surface area contributed by atoms with Crippen LogP contribution in [-0.4, -0.2) is 21.7 Å². The van der Waals surface area contributed by atoms with E-state index in [4.69, 9.17) is 5.11 Å². The quantitative estimate of drug-likeness (QED) is 0.149. The zero-order valence-corrected chi connectivity index (χ0v) is 22.1. The van der Waals surface area contributed by atoms with Crippen molar-refractivity contribution >= 4 is 21.5 Å². The summed E-state index contributed by atoms with van der Waals surface area (Å²) in [6.07, 6.45) is 9.90. The normalized spacial score (nSPS) is 10.5. The van der Waals surface area contributed by atoms with Crippen molar-refractivity contribution < 1.29 is 25.2 Å². The Kier molecular flexibility index (Phi) is 10.6. The van der Waals surface area contributed by atoms with Gasteiger partial charge in [-0.1, -0.05) is 59.7 Å². The standard InChI is InChI=1S/C24H15N2.C7H14O.Ir/c1-3-10-21-17(6-1)12-14-25-23(21)19-8-5-9-20(16-19)24-22-11-4-2-7-18(22)13-15-26-24;1-2-3-4-5-6-7-8;/h1-15H;5,8H,1-4,6-7H2;/q-1;-2;+3. The number of aromatic nitrogens is 2. The fraction of sp³-hybridized carbons (Fsp3) is 0.161. The number of aliphatic hydroxyl groups is 1. The number of rotatable bonds is 7. The number of aliphatic hydroxyl groups excluding tert-OH is 1. The molecule has 5 aromatic rings. The second-order valence-corrected chi connectivity index (χ2v) is 8.04. The molecule has 0 radical (unpaired) electrons. The molecule has 0 aliphatic rings. The third-order valence-corrected chi connectivity index (χ3v) is 5.64. The molecule has 0 saturated carbocycles. The smallest absolute Gasteiger partial charge is 0.399 e. The van der Waals surface area contributed by atoms with E-state index in [2.05, 4.69) is 65.8 Å². The molecule has 0 bridgehead atoms. The molecule has 0 amide bonds. The van der Waals surface area contributed by atoms with Crippen LogP contribution in [0, 0.1) is 19.4 Å². The Balaban J connectivity index is 0.000000332. The Labute approximate surface area is 221 Å². The second kappa shape index (κ2) is 13.8. The molecule has 4 heteroatoms. The third kappa shape index (κ3) is 6.82. The minimum atomic E-state index is 0. The summed E-state index contributed by atoms with van der Waals surface area (Å²) in [6.45, 7) is 3.99. The Hall–Kier alpha value is -2.91. The summed E-state index contributed by atoms with van der Waals surface area (Å²) in [5.41, 5.74) is 3.86. The monoisotopic (exact) mass is 638 g/mol. The van der Waals surface area contributed by atoms with Gasteiger partial charge in [0.05, 0.1) is 0 Å². The Morgan fingerprint density at radius 1 is 0.714 bits per heavy atom. The van der Waals surface area contributed by atoms with Crippen molar-refractivity contribution in [2.75, 3.05) is 6.61 Å². The van der Waals surface area contributed by atoms with Crippen LogP contribution in [0.4, 0.5) is 0 Å². The molecule has 2 aromatic heterocycles. The molecule has 0 aliphatic heterocycles. The SMILES string of the molecule is [CH2-]CCC[CH-]CCO.[Ir+3].[c-]1c(-c2nccc3ccccc23)cccc1-c1nccc2ccccc12. The molecule has 0 aliphatic carbocycles. The van der Waals surface area contributed by atoms with Gasteiger partial charge in [-0.15, -0.1) is 30.7 Å². The van der Waals surface area contributed by atoms with Gasteiger partial charge < -0.3 is 18.5 Å². The zero-order chi connectivity index (χ0) is 23.6. The van der Waals surface area contributed by atoms with Crippen LogP contribution >= 0.6 is 0 Å². The number of unbranched alkanes of at least 4 members (excludes halogenated alkanes) is 4. The maximum absolute atomic E-state index is 8.32. The van der Waals surface area contributed by atoms with Crippen molar-refractivity contribution in [2.24, 2.45) is 0 Å². The first kappa shape index (κ1) is 26.7. The van der Waals surface area contributed by atoms with Crippen molar-refractivity contribution in [3.05, 3.63) is 111 Å². The van der Waals surface area contributed by atoms with Crippen LogP contribution in [0.1, 0.15) is 25.7 Å². The summed E-state index contributed by atoms with van der Waals surface area (Å²) in [5, 5.41) is 12.9. The maximum atomic E-state index is 8.32. The molecular weight excluding hydrogens is 609 g/mol. The fourth-order valence-corrected chi connectivity index (χ4v) is 3.94. The zero-order valence-electron chi connectivity index (χ0n) is 19.7. The summed E-state index contributed by atoms with van der Waals surface area (Å²) in [5.74, 6) is 0. The van der Waals surface area contributed by atoms with Gasteiger partial charge in [0.1, 0.15) is 0 Å². The van der Waals surface area contributed by atoms with Gasteiger partial charge in [-0.2, -0.15) is 19.3 Å². The topological polar surface area (TPSA) is 46.0 Å². The van der Waals surface area contributed by atoms with Gasteiger partial charge in [0, 0.05) is 30.4 Å². The maximum Gasteiger partial charge on any atom is 3.00 e. The molecular formula is C31H29IrN2O. The number of hydrogen-bond acceptors (Lipinski definition) is 3. The molecule has 0 saturated heterocycles. The number of pyridine rings is 2. The Morgan fingerprint density at radius 2 is 1.26 bits per heavy atom. The van der Waals surface area contributed by atoms with Crippen LogP contribution in [-0.2, 0) is 20.1 Å². The fourth-order valence-electron chi connectivity index (χ4n) is 3.94. The van der Waals surface area contributed by atoms with Crippen LogP contribution < -0.4 is 0 Å². The largest absolute Gasteiger partial charge is 3.00 e. The third-order valence-electron chi connectivity index (χ3n) is 5.64. The van der Waals surface area contributed by atoms with Crippen molar-refractivity contribution in [3.63, 3.8) is 0 Å². The predicted octanol–water partition coefficient (Wildman–Crippen LogP) is 7.49. The Morgan fingerprint density at radius 3 is 1.77 bits per heavy atom. The van der Waals surface area contributed by atoms with Crippen LogP contribution in [0.15, 0.2) is 91.3 Å². The van der Waals surface area contributed by atoms with E-state index in [1.807, 2.05) is 54.9 Å². The minimum Gasteiger partial charge on any atom is -0.399 e. The summed E-state index contributed by atoms with van der Waals surface area (Å²) in [6, 6.07) is 30.4. The molecule has 35 heavy (non-hydrogen) atoms. The molecule has 0 unspecified atom stereocenters. The summed E-state index contributed by atoms with van der Waals surface area (Å²) < 4.78 is 0. The van der Waals surface area contributed by atoms with Gasteiger partial charge in [0.25, 0.3) is 0 Å². The van der Waals surface area contributed by atoms with E-state index in [1.54, 1.807) is 0 Å². The molecule has 3 aromatic carbocycles. The molecule has 2 heterocycles. The average Bonchev–Trinajstić information content (AvgIpc) is 2.91. The Bertz CT molecular complexity index is 1240. The summed E-state index contributed by atoms with van der Waals surface area (Å²) in [7, 11) is 0. The van der Waals surface area contributed by atoms with Gasteiger partial charge in [0.15, 0.2) is 0 Å². The van der Waals surface area contributed by atoms with Gasteiger partial charge in [-0.05, 0) is 33.7 Å². The van der Waals surface area contributed by atoms with Crippen molar-refractivity contribution in [1.82, 2.24) is 9.97 Å². The molecule has 1 N–H and O–H groups in total. The molecule has 0 fully saturated rings. The van der Waals surface area contributed by atoms with E-state index in [9.17, 15) is 0 Å². The minimum absolute atomic E-state index is 0. The number of fused-ring (bicyclic) bond motifs is 2. The first-order valence-corrected chi connectivity index (χ1v) is 11.7. The van der Waals surface area contributed by atoms with E-state index >= 15 is 0 Å². The van der Waals surface area contributed by atoms with E-state index in [0.717, 1.165) is 59.0 Å². The van der Waals surface area contributed by atoms with Gasteiger partial charge in [-0.3, -0.25) is 9.97 Å². The molecule has 3 nitrogen and oxygen atoms in total. The van der Waals surface area contributed by atoms with Crippen LogP contribution in [0.25, 0.3) is 44.1 Å². The number of nitrogens with zero attached hydrogens (tertiary/aromatic N) is 2. The average molecular weight is 638 g/mol. The van der Waals surface area contributed by atoms with Crippen molar-refractivity contribution in [3.8, 4) is 22.5 Å². The van der Waals surface area contributed by atoms with Crippen LogP contribution in [0.3, 0.4) is 0 Å². The predicted molar refractivity (Wildman–Crippen MR) is 142 cm³/mol. The molecule has 178 valence electrons. The van der Waals surface area contributed by atoms with E-state index in [1.165, 1.54) is 10.8 Å². The van der Waals surface area contributed by atoms with Crippen molar-refractivity contribution in [1.29, 1.82) is 0 Å². The van der Waals surface area contributed by atoms with Gasteiger partial charge >= 0.3 is 20.1 Å². The molecule has 0 atom stereocenters. The van der Waals surface area contributed by atoms with Crippen LogP contribution in [0.2, 0.25) is 0 Å². The van der Waals surface area contributed by atoms with Crippen LogP contribution in [0.5, 0.6) is 0 Å².